The normalized spacial score (nSPS) is 8.82. The van der Waals surface area contributed by atoms with Gasteiger partial charge in [0, 0.05) is 0 Å². The number of nitrogen functional groups attached to an aromatic ring is 1. The van der Waals surface area contributed by atoms with Crippen LogP contribution in [-0.4, -0.2) is 16.0 Å². The molecular formula is C4H8ClN5O. The zero-order valence-electron chi connectivity index (χ0n) is 5.57. The first kappa shape index (κ1) is 9.86. The fraction of sp³-hybridized carbons (Fsp3) is 0.250. The average Bonchev–Trinajstić information content (AvgIpc) is 2.34. The molecule has 0 spiro atoms. The summed E-state index contributed by atoms with van der Waals surface area (Å²) in [7, 11) is 0. The van der Waals surface area contributed by atoms with Crippen LogP contribution in [0, 0.1) is 5.41 Å². The first-order valence-electron chi connectivity index (χ1n) is 2.61. The van der Waals surface area contributed by atoms with E-state index in [1.807, 2.05) is 0 Å². The quantitative estimate of drug-likeness (QED) is 0.406. The summed E-state index contributed by atoms with van der Waals surface area (Å²) in [5, 5.41) is 13.8. The third-order valence-electron chi connectivity index (χ3n) is 0.872. The van der Waals surface area contributed by atoms with Crippen molar-refractivity contribution < 1.29 is 4.42 Å². The number of hydrogen-bond acceptors (Lipinski definition) is 5. The van der Waals surface area contributed by atoms with Crippen LogP contribution in [0.25, 0.3) is 0 Å². The second-order valence-electron chi connectivity index (χ2n) is 1.62. The number of nitrogens with zero attached hydrogens (tertiary/aromatic N) is 2. The van der Waals surface area contributed by atoms with Gasteiger partial charge in [-0.1, -0.05) is 0 Å². The monoisotopic (exact) mass is 177 g/mol. The van der Waals surface area contributed by atoms with Crippen molar-refractivity contribution in [3.8, 4) is 0 Å². The average molecular weight is 178 g/mol. The largest absolute Gasteiger partial charge is 0.417 e. The van der Waals surface area contributed by atoms with Gasteiger partial charge in [-0.15, -0.1) is 22.6 Å². The Bertz CT molecular complexity index is 246. The van der Waals surface area contributed by atoms with E-state index in [0.717, 1.165) is 0 Å². The second-order valence-corrected chi connectivity index (χ2v) is 1.62. The van der Waals surface area contributed by atoms with Crippen LogP contribution in [0.5, 0.6) is 0 Å². The van der Waals surface area contributed by atoms with Crippen molar-refractivity contribution in [3.05, 3.63) is 11.8 Å². The maximum Gasteiger partial charge on any atom is 0.282 e. The molecule has 0 atom stereocenters. The molecule has 62 valence electrons. The van der Waals surface area contributed by atoms with Gasteiger partial charge in [-0.25, -0.2) is 0 Å². The van der Waals surface area contributed by atoms with Crippen LogP contribution in [0.3, 0.4) is 0 Å². The molecule has 1 aromatic heterocycles. The zero-order valence-corrected chi connectivity index (χ0v) is 6.39. The molecule has 5 N–H and O–H groups in total. The van der Waals surface area contributed by atoms with E-state index in [9.17, 15) is 0 Å². The Kier molecular flexibility index (Phi) is 3.49. The maximum atomic E-state index is 6.86. The topological polar surface area (TPSA) is 115 Å². The van der Waals surface area contributed by atoms with Crippen LogP contribution in [0.1, 0.15) is 11.8 Å². The lowest BCUT2D eigenvalue weighted by Gasteiger charge is -1.84. The third kappa shape index (κ3) is 2.17. The third-order valence-corrected chi connectivity index (χ3v) is 0.872. The van der Waals surface area contributed by atoms with Crippen molar-refractivity contribution >= 4 is 18.2 Å². The van der Waals surface area contributed by atoms with E-state index in [4.69, 9.17) is 21.3 Å². The molecule has 0 saturated carbocycles. The lowest BCUT2D eigenvalue weighted by molar-refractivity contribution is 0.487. The molecule has 11 heavy (non-hydrogen) atoms. The molecule has 0 saturated heterocycles. The van der Waals surface area contributed by atoms with E-state index < -0.39 is 0 Å². The summed E-state index contributed by atoms with van der Waals surface area (Å²) >= 11 is 0. The van der Waals surface area contributed by atoms with Crippen molar-refractivity contribution in [3.63, 3.8) is 0 Å². The molecule has 0 aromatic carbocycles. The molecule has 0 aliphatic heterocycles. The van der Waals surface area contributed by atoms with Gasteiger partial charge in [0.1, 0.15) is 0 Å². The predicted octanol–water partition coefficient (Wildman–Crippen LogP) is -0.766. The van der Waals surface area contributed by atoms with Crippen molar-refractivity contribution in [1.29, 1.82) is 5.41 Å². The maximum absolute atomic E-state index is 6.86. The number of amidine groups is 1. The molecule has 7 heteroatoms. The van der Waals surface area contributed by atoms with Gasteiger partial charge < -0.3 is 15.9 Å². The number of aromatic nitrogens is 2. The number of hydrogen-bond donors (Lipinski definition) is 3. The summed E-state index contributed by atoms with van der Waals surface area (Å²) in [6.45, 7) is 0.167. The van der Waals surface area contributed by atoms with Crippen molar-refractivity contribution in [2.45, 2.75) is 6.54 Å². The number of halogens is 1. The standard InChI is InChI=1S/C4H7N5O.ClH/c5-1-2-8-9-4(10-2)3(6)7;/h1,5H2,(H3,6,7);1H. The minimum Gasteiger partial charge on any atom is -0.417 e. The van der Waals surface area contributed by atoms with Crippen LogP contribution in [-0.2, 0) is 6.54 Å². The van der Waals surface area contributed by atoms with Gasteiger partial charge in [-0.2, -0.15) is 0 Å². The molecule has 6 nitrogen and oxygen atoms in total. The van der Waals surface area contributed by atoms with E-state index in [2.05, 4.69) is 10.2 Å². The summed E-state index contributed by atoms with van der Waals surface area (Å²) in [5.41, 5.74) is 10.2. The van der Waals surface area contributed by atoms with E-state index >= 15 is 0 Å². The van der Waals surface area contributed by atoms with Crippen molar-refractivity contribution in [2.24, 2.45) is 11.5 Å². The van der Waals surface area contributed by atoms with Gasteiger partial charge in [0.05, 0.1) is 6.54 Å². The zero-order chi connectivity index (χ0) is 7.56. The summed E-state index contributed by atoms with van der Waals surface area (Å²) < 4.78 is 4.80. The SMILES string of the molecule is Cl.N=C(N)c1nnc(CN)o1. The highest BCUT2D eigenvalue weighted by molar-refractivity contribution is 5.90. The van der Waals surface area contributed by atoms with Gasteiger partial charge in [0.2, 0.25) is 5.89 Å². The first-order chi connectivity index (χ1) is 4.74. The van der Waals surface area contributed by atoms with E-state index in [-0.39, 0.29) is 36.6 Å². The Labute approximate surface area is 68.9 Å². The van der Waals surface area contributed by atoms with Crippen LogP contribution in [0.15, 0.2) is 4.42 Å². The highest BCUT2D eigenvalue weighted by atomic mass is 35.5. The van der Waals surface area contributed by atoms with E-state index in [0.29, 0.717) is 0 Å². The molecule has 1 rings (SSSR count). The summed E-state index contributed by atoms with van der Waals surface area (Å²) in [6.07, 6.45) is 0. The van der Waals surface area contributed by atoms with Gasteiger partial charge >= 0.3 is 0 Å². The molecule has 1 heterocycles. The number of rotatable bonds is 2. The van der Waals surface area contributed by atoms with Crippen LogP contribution >= 0.6 is 12.4 Å². The van der Waals surface area contributed by atoms with Crippen molar-refractivity contribution in [1.82, 2.24) is 10.2 Å². The van der Waals surface area contributed by atoms with Gasteiger partial charge in [-0.3, -0.25) is 5.41 Å². The van der Waals surface area contributed by atoms with Crippen molar-refractivity contribution in [2.75, 3.05) is 0 Å². The van der Waals surface area contributed by atoms with Gasteiger partial charge in [0.25, 0.3) is 5.89 Å². The van der Waals surface area contributed by atoms with Gasteiger partial charge in [0.15, 0.2) is 5.84 Å². The Morgan fingerprint density at radius 1 is 1.55 bits per heavy atom. The molecule has 0 aliphatic rings. The fourth-order valence-electron chi connectivity index (χ4n) is 0.445. The van der Waals surface area contributed by atoms with Crippen LogP contribution < -0.4 is 11.5 Å². The Morgan fingerprint density at radius 3 is 2.45 bits per heavy atom. The Hall–Kier alpha value is -1.14. The molecule has 0 amide bonds. The summed E-state index contributed by atoms with van der Waals surface area (Å²) in [5.74, 6) is 0.0536. The lowest BCUT2D eigenvalue weighted by atomic mass is 10.6. The predicted molar refractivity (Wildman–Crippen MR) is 40.5 cm³/mol. The Morgan fingerprint density at radius 2 is 2.18 bits per heavy atom. The van der Waals surface area contributed by atoms with E-state index in [1.54, 1.807) is 0 Å². The first-order valence-corrected chi connectivity index (χ1v) is 2.61. The summed E-state index contributed by atoms with van der Waals surface area (Å²) in [4.78, 5) is 0. The minimum absolute atomic E-state index is 0. The van der Waals surface area contributed by atoms with Gasteiger partial charge in [-0.05, 0) is 0 Å². The second kappa shape index (κ2) is 3.89. The number of nitrogens with two attached hydrogens (primary N) is 2. The molecule has 0 aliphatic carbocycles. The molecular weight excluding hydrogens is 170 g/mol. The molecule has 0 fully saturated rings. The molecule has 1 aromatic rings. The highest BCUT2D eigenvalue weighted by Gasteiger charge is 2.05. The lowest BCUT2D eigenvalue weighted by Crippen LogP contribution is -2.11. The van der Waals surface area contributed by atoms with Crippen LogP contribution in [0.2, 0.25) is 0 Å². The Balaban J connectivity index is 0.000001000. The smallest absolute Gasteiger partial charge is 0.282 e. The number of nitrogens with one attached hydrogen (secondary N) is 1. The van der Waals surface area contributed by atoms with Crippen LogP contribution in [0.4, 0.5) is 0 Å². The summed E-state index contributed by atoms with van der Waals surface area (Å²) in [6, 6.07) is 0. The van der Waals surface area contributed by atoms with E-state index in [1.165, 1.54) is 0 Å². The minimum atomic E-state index is -0.243. The molecule has 0 radical (unpaired) electrons. The molecule has 0 bridgehead atoms. The highest BCUT2D eigenvalue weighted by Crippen LogP contribution is 1.95. The fourth-order valence-corrected chi connectivity index (χ4v) is 0.445. The molecule has 0 unspecified atom stereocenters.